The Labute approximate surface area is 736 Å². The van der Waals surface area contributed by atoms with Gasteiger partial charge in [-0.25, -0.2) is 0 Å². The highest BCUT2D eigenvalue weighted by atomic mass is 32.2. The number of hydrogen-bond donors (Lipinski definition) is 0. The maximum atomic E-state index is 5.42. The highest BCUT2D eigenvalue weighted by Gasteiger charge is 2.30. The van der Waals surface area contributed by atoms with Crippen LogP contribution in [0.1, 0.15) is 167 Å². The van der Waals surface area contributed by atoms with Crippen molar-refractivity contribution in [2.45, 2.75) is 125 Å². The zero-order valence-corrected chi connectivity index (χ0v) is 76.4. The van der Waals surface area contributed by atoms with Crippen molar-refractivity contribution in [1.29, 1.82) is 0 Å². The monoisotopic (exact) mass is 1670 g/mol. The van der Waals surface area contributed by atoms with Gasteiger partial charge in [-0.3, -0.25) is 0 Å². The molecule has 0 saturated carbocycles. The predicted molar refractivity (Wildman–Crippen MR) is 519 cm³/mol. The average Bonchev–Trinajstić information content (AvgIpc) is 0.777. The van der Waals surface area contributed by atoms with Gasteiger partial charge >= 0.3 is 0 Å². The fourth-order valence-electron chi connectivity index (χ4n) is 12.4. The van der Waals surface area contributed by atoms with E-state index in [1.54, 1.807) is 97.1 Å². The molecule has 12 rings (SSSR count). The Hall–Kier alpha value is -11.6. The third kappa shape index (κ3) is 33.8. The van der Waals surface area contributed by atoms with E-state index in [2.05, 4.69) is 195 Å². The summed E-state index contributed by atoms with van der Waals surface area (Å²) >= 11 is 1.75. The molecular weight excluding hydrogens is 1520 g/mol. The topological polar surface area (TPSA) is 114 Å². The number of para-hydroxylation sites is 1. The Morgan fingerprint density at radius 1 is 0.231 bits per heavy atom. The van der Waals surface area contributed by atoms with Gasteiger partial charge in [0.2, 0.25) is 0 Å². The Bertz CT molecular complexity index is 4030. The van der Waals surface area contributed by atoms with Gasteiger partial charge in [0.25, 0.3) is 0 Å². The van der Waals surface area contributed by atoms with Gasteiger partial charge in [0.1, 0.15) is 69.0 Å². The van der Waals surface area contributed by atoms with Gasteiger partial charge in [0.05, 0.1) is 85.3 Å². The minimum absolute atomic E-state index is 0. The lowest BCUT2D eigenvalue weighted by atomic mass is 9.73. The molecule has 0 aliphatic rings. The fraction of sp³-hybridized carbons (Fsp3) is 0.327. The summed E-state index contributed by atoms with van der Waals surface area (Å²) in [6.07, 6.45) is 6.58. The number of anilines is 1. The molecule has 0 fully saturated rings. The molecular formula is C107H145NO12S. The van der Waals surface area contributed by atoms with Crippen LogP contribution < -0.4 is 61.7 Å². The Morgan fingerprint density at radius 2 is 0.355 bits per heavy atom. The number of nitrogens with zero attached hydrogens (tertiary/aromatic N) is 1. The van der Waals surface area contributed by atoms with E-state index < -0.39 is 0 Å². The van der Waals surface area contributed by atoms with Gasteiger partial charge in [0, 0.05) is 50.7 Å². The van der Waals surface area contributed by atoms with Crippen molar-refractivity contribution in [3.05, 3.63) is 353 Å². The standard InChI is InChI=1S/C30H30O4.3C17H20O2.C9H13NO.C7H8O.2C3H8.C2H6S.2CH4.2H2/c1-31-25-13-5-21(6-14-25)29(22-7-15-26(32-2)16-8-22)30(23-9-17-27(33-3)18-10-23)24-11-19-28(34-4)20-12-24;3*1-17(2,13-5-9-15(18-3)10-6-13)14-7-11-16(19-4)12-8-14;1-10(2)8-4-6-9(11-3)7-5-8;1-8-7-5-3-2-4-6-7;3*1-3-2;;;;/h5-20,29-30H,1-4H3;3*5-12H,1-4H3;4-7H,1-3H3;2-6H,1H3;2*3H2,1-2H3;1-2H3;2*1H4;2*1H. The maximum absolute atomic E-state index is 5.42. The predicted octanol–water partition coefficient (Wildman–Crippen LogP) is 27.8. The zero-order valence-electron chi connectivity index (χ0n) is 75.6. The van der Waals surface area contributed by atoms with Crippen LogP contribution >= 0.6 is 11.8 Å². The van der Waals surface area contributed by atoms with E-state index in [4.69, 9.17) is 56.8 Å². The molecule has 12 aromatic carbocycles. The highest BCUT2D eigenvalue weighted by Crippen LogP contribution is 2.45. The second-order valence-corrected chi connectivity index (χ2v) is 30.0. The number of thioether (sulfide) groups is 1. The Morgan fingerprint density at radius 3 is 0.479 bits per heavy atom. The number of hydrogen-bond acceptors (Lipinski definition) is 14. The molecule has 14 heteroatoms. The van der Waals surface area contributed by atoms with Crippen LogP contribution in [-0.4, -0.2) is 112 Å². The molecule has 656 valence electrons. The van der Waals surface area contributed by atoms with Crippen molar-refractivity contribution in [2.24, 2.45) is 0 Å². The SMILES string of the molecule is C.C.CCC.CCC.COc1ccc(C(C)(C)c2ccc(OC)cc2)cc1.COc1ccc(C(C)(C)c2ccc(OC)cc2)cc1.COc1ccc(C(C)(C)c2ccc(OC)cc2)cc1.COc1ccc(C(c2ccc(OC)cc2)C(c2ccc(OC)cc2)c2ccc(OC)cc2)cc1.COc1ccc(N(C)C)cc1.COc1ccccc1.CSC.[HH].[HH]. The maximum Gasteiger partial charge on any atom is 0.119 e. The van der Waals surface area contributed by atoms with Gasteiger partial charge in [-0.2, -0.15) is 11.8 Å². The minimum atomic E-state index is -0.0431. The molecule has 0 spiro atoms. The van der Waals surface area contributed by atoms with Gasteiger partial charge in [0.15, 0.2) is 0 Å². The van der Waals surface area contributed by atoms with Crippen LogP contribution in [0.25, 0.3) is 0 Å². The van der Waals surface area contributed by atoms with Crippen molar-refractivity contribution >= 4 is 17.4 Å². The van der Waals surface area contributed by atoms with E-state index in [1.807, 2.05) is 203 Å². The van der Waals surface area contributed by atoms with Crippen molar-refractivity contribution in [3.63, 3.8) is 0 Å². The molecule has 0 amide bonds. The van der Waals surface area contributed by atoms with E-state index in [9.17, 15) is 0 Å². The number of benzene rings is 12. The smallest absolute Gasteiger partial charge is 0.119 e. The second kappa shape index (κ2) is 56.8. The van der Waals surface area contributed by atoms with Gasteiger partial charge in [-0.15, -0.1) is 0 Å². The lowest BCUT2D eigenvalue weighted by Gasteiger charge is -2.30. The molecule has 0 aliphatic carbocycles. The van der Waals surface area contributed by atoms with Crippen molar-refractivity contribution in [2.75, 3.05) is 117 Å². The lowest BCUT2D eigenvalue weighted by molar-refractivity contribution is 0.413. The molecule has 13 nitrogen and oxygen atoms in total. The number of methoxy groups -OCH3 is 12. The van der Waals surface area contributed by atoms with E-state index >= 15 is 0 Å². The van der Waals surface area contributed by atoms with Crippen LogP contribution in [0.15, 0.2) is 297 Å². The first-order valence-corrected chi connectivity index (χ1v) is 41.7. The van der Waals surface area contributed by atoms with Crippen LogP contribution in [0.5, 0.6) is 69.0 Å². The third-order valence-corrected chi connectivity index (χ3v) is 19.7. The molecule has 0 heterocycles. The molecule has 0 aliphatic heterocycles. The summed E-state index contributed by atoms with van der Waals surface area (Å²) in [6, 6.07) is 100. The van der Waals surface area contributed by atoms with Crippen LogP contribution in [0, 0.1) is 0 Å². The second-order valence-electron chi connectivity index (χ2n) is 29.2. The minimum Gasteiger partial charge on any atom is -0.497 e. The average molecular weight is 1670 g/mol. The highest BCUT2D eigenvalue weighted by molar-refractivity contribution is 7.97. The molecule has 0 bridgehead atoms. The summed E-state index contributed by atoms with van der Waals surface area (Å²) in [4.78, 5) is 2.06. The normalized spacial score (nSPS) is 10.2. The lowest BCUT2D eigenvalue weighted by Crippen LogP contribution is -2.18. The van der Waals surface area contributed by atoms with Crippen molar-refractivity contribution in [1.82, 2.24) is 0 Å². The molecule has 0 unspecified atom stereocenters. The zero-order chi connectivity index (χ0) is 87.8. The molecule has 0 atom stereocenters. The number of rotatable bonds is 24. The molecule has 0 aromatic heterocycles. The molecule has 12 aromatic rings. The van der Waals surface area contributed by atoms with E-state index in [-0.39, 0.29) is 45.8 Å². The van der Waals surface area contributed by atoms with E-state index in [0.717, 1.165) is 69.0 Å². The summed E-state index contributed by atoms with van der Waals surface area (Å²) in [5.74, 6) is 10.6. The van der Waals surface area contributed by atoms with Crippen LogP contribution in [0.3, 0.4) is 0 Å². The van der Waals surface area contributed by atoms with Crippen LogP contribution in [-0.2, 0) is 16.2 Å². The first-order chi connectivity index (χ1) is 57.3. The Kier molecular flexibility index (Phi) is 49.5. The molecule has 0 radical (unpaired) electrons. The van der Waals surface area contributed by atoms with Crippen molar-refractivity contribution < 1.29 is 59.7 Å². The third-order valence-electron chi connectivity index (χ3n) is 19.7. The van der Waals surface area contributed by atoms with E-state index in [0.29, 0.717) is 0 Å². The summed E-state index contributed by atoms with van der Waals surface area (Å²) in [5, 5.41) is 0. The number of ether oxygens (including phenoxy) is 12. The molecule has 0 N–H and O–H groups in total. The van der Waals surface area contributed by atoms with Gasteiger partial charge < -0.3 is 61.7 Å². The fourth-order valence-corrected chi connectivity index (χ4v) is 12.4. The van der Waals surface area contributed by atoms with Crippen LogP contribution in [0.2, 0.25) is 0 Å². The van der Waals surface area contributed by atoms with Gasteiger partial charge in [-0.05, 0) is 226 Å². The first kappa shape index (κ1) is 105. The quantitative estimate of drug-likeness (QED) is 0.0572. The van der Waals surface area contributed by atoms with E-state index in [1.165, 1.54) is 74.2 Å². The van der Waals surface area contributed by atoms with Crippen molar-refractivity contribution in [3.8, 4) is 69.0 Å². The first-order valence-electron chi connectivity index (χ1n) is 40.0. The summed E-state index contributed by atoms with van der Waals surface area (Å²) < 4.78 is 62.8. The largest absolute Gasteiger partial charge is 0.497 e. The summed E-state index contributed by atoms with van der Waals surface area (Å²) in [6.45, 7) is 21.8. The Balaban J connectivity index is 0.00000148. The molecule has 0 saturated heterocycles. The summed E-state index contributed by atoms with van der Waals surface area (Å²) in [7, 11) is 24.2. The van der Waals surface area contributed by atoms with Gasteiger partial charge in [-0.1, -0.05) is 236 Å². The summed E-state index contributed by atoms with van der Waals surface area (Å²) in [5.41, 5.74) is 13.4. The molecule has 121 heavy (non-hydrogen) atoms. The van der Waals surface area contributed by atoms with Crippen LogP contribution in [0.4, 0.5) is 5.69 Å².